The highest BCUT2D eigenvalue weighted by atomic mass is 16.1. The fourth-order valence-corrected chi connectivity index (χ4v) is 6.14. The van der Waals surface area contributed by atoms with Gasteiger partial charge in [-0.3, -0.25) is 9.69 Å². The monoisotopic (exact) mass is 553 g/mol. The van der Waals surface area contributed by atoms with Crippen LogP contribution in [0.1, 0.15) is 36.1 Å². The SMILES string of the molecule is CN1CCN(c2ccc(-c3nc4c(c(NCCCN5CCC(=O)CC5)n3)CN(Cc3ccccc3)CC4)cc2)CC1. The van der Waals surface area contributed by atoms with Crippen LogP contribution in [0.2, 0.25) is 0 Å². The maximum absolute atomic E-state index is 11.6. The molecule has 0 atom stereocenters. The van der Waals surface area contributed by atoms with E-state index >= 15 is 0 Å². The number of aromatic nitrogens is 2. The van der Waals surface area contributed by atoms with E-state index in [9.17, 15) is 4.79 Å². The van der Waals surface area contributed by atoms with E-state index in [1.807, 2.05) is 0 Å². The molecule has 4 heterocycles. The number of likely N-dealkylation sites (tertiary alicyclic amines) is 1. The number of carbonyl (C=O) groups excluding carboxylic acids is 1. The molecular weight excluding hydrogens is 510 g/mol. The van der Waals surface area contributed by atoms with Crippen molar-refractivity contribution in [1.29, 1.82) is 0 Å². The van der Waals surface area contributed by atoms with Gasteiger partial charge in [-0.25, -0.2) is 9.97 Å². The summed E-state index contributed by atoms with van der Waals surface area (Å²) in [6.45, 7) is 10.8. The molecule has 2 aromatic carbocycles. The molecule has 0 unspecified atom stereocenters. The molecule has 2 fully saturated rings. The van der Waals surface area contributed by atoms with Gasteiger partial charge in [0.1, 0.15) is 11.6 Å². The predicted octanol–water partition coefficient (Wildman–Crippen LogP) is 3.92. The van der Waals surface area contributed by atoms with Crippen LogP contribution in [0.4, 0.5) is 11.5 Å². The molecule has 1 N–H and O–H groups in total. The third-order valence-corrected chi connectivity index (χ3v) is 8.74. The van der Waals surface area contributed by atoms with Gasteiger partial charge in [-0.05, 0) is 49.8 Å². The average Bonchev–Trinajstić information content (AvgIpc) is 3.01. The second kappa shape index (κ2) is 13.1. The smallest absolute Gasteiger partial charge is 0.161 e. The maximum Gasteiger partial charge on any atom is 0.161 e. The van der Waals surface area contributed by atoms with Crippen molar-refractivity contribution in [2.45, 2.75) is 38.8 Å². The fourth-order valence-electron chi connectivity index (χ4n) is 6.14. The highest BCUT2D eigenvalue weighted by Gasteiger charge is 2.24. The molecule has 6 rings (SSSR count). The minimum absolute atomic E-state index is 0.399. The van der Waals surface area contributed by atoms with E-state index in [1.54, 1.807) is 0 Å². The van der Waals surface area contributed by atoms with Crippen molar-refractivity contribution in [2.75, 3.05) is 76.2 Å². The van der Waals surface area contributed by atoms with Crippen molar-refractivity contribution in [1.82, 2.24) is 24.7 Å². The quantitative estimate of drug-likeness (QED) is 0.400. The number of carbonyl (C=O) groups is 1. The van der Waals surface area contributed by atoms with E-state index in [0.29, 0.717) is 18.6 Å². The summed E-state index contributed by atoms with van der Waals surface area (Å²) >= 11 is 0. The number of ketones is 1. The first-order chi connectivity index (χ1) is 20.1. The Kier molecular flexibility index (Phi) is 8.89. The number of rotatable bonds is 9. The molecular formula is C33H43N7O. The molecule has 8 nitrogen and oxygen atoms in total. The van der Waals surface area contributed by atoms with Gasteiger partial charge < -0.3 is 20.0 Å². The Bertz CT molecular complexity index is 1300. The molecule has 0 amide bonds. The summed E-state index contributed by atoms with van der Waals surface area (Å²) in [5.74, 6) is 2.18. The molecule has 3 aliphatic rings. The van der Waals surface area contributed by atoms with E-state index in [-0.39, 0.29) is 0 Å². The number of likely N-dealkylation sites (N-methyl/N-ethyl adjacent to an activating group) is 1. The van der Waals surface area contributed by atoms with Crippen molar-refractivity contribution in [3.63, 3.8) is 0 Å². The van der Waals surface area contributed by atoms with Gasteiger partial charge in [-0.2, -0.15) is 0 Å². The summed E-state index contributed by atoms with van der Waals surface area (Å²) in [7, 11) is 2.19. The summed E-state index contributed by atoms with van der Waals surface area (Å²) in [5, 5.41) is 3.70. The van der Waals surface area contributed by atoms with Gasteiger partial charge in [0.15, 0.2) is 5.82 Å². The van der Waals surface area contributed by atoms with E-state index < -0.39 is 0 Å². The Morgan fingerprint density at radius 2 is 1.54 bits per heavy atom. The number of nitrogens with one attached hydrogen (secondary N) is 1. The van der Waals surface area contributed by atoms with Gasteiger partial charge >= 0.3 is 0 Å². The molecule has 1 aromatic heterocycles. The van der Waals surface area contributed by atoms with Crippen LogP contribution in [0.5, 0.6) is 0 Å². The van der Waals surface area contributed by atoms with Crippen LogP contribution < -0.4 is 10.2 Å². The van der Waals surface area contributed by atoms with Crippen molar-refractivity contribution in [3.05, 3.63) is 71.4 Å². The summed E-state index contributed by atoms with van der Waals surface area (Å²) < 4.78 is 0. The van der Waals surface area contributed by atoms with Crippen LogP contribution in [0.25, 0.3) is 11.4 Å². The topological polar surface area (TPSA) is 67.8 Å². The molecule has 0 bridgehead atoms. The van der Waals surface area contributed by atoms with Gasteiger partial charge in [0, 0.05) is 102 Å². The molecule has 41 heavy (non-hydrogen) atoms. The summed E-state index contributed by atoms with van der Waals surface area (Å²) in [4.78, 5) is 31.6. The predicted molar refractivity (Wildman–Crippen MR) is 165 cm³/mol. The molecule has 0 saturated carbocycles. The zero-order valence-corrected chi connectivity index (χ0v) is 24.4. The lowest BCUT2D eigenvalue weighted by molar-refractivity contribution is -0.121. The Balaban J connectivity index is 1.18. The van der Waals surface area contributed by atoms with Gasteiger partial charge in [0.05, 0.1) is 5.69 Å². The number of hydrogen-bond donors (Lipinski definition) is 1. The highest BCUT2D eigenvalue weighted by Crippen LogP contribution is 2.29. The molecule has 0 aliphatic carbocycles. The van der Waals surface area contributed by atoms with E-state index in [1.165, 1.54) is 22.5 Å². The van der Waals surface area contributed by atoms with Gasteiger partial charge in [-0.1, -0.05) is 30.3 Å². The van der Waals surface area contributed by atoms with Crippen molar-refractivity contribution in [3.8, 4) is 11.4 Å². The Morgan fingerprint density at radius 1 is 0.805 bits per heavy atom. The van der Waals surface area contributed by atoms with Crippen molar-refractivity contribution >= 4 is 17.3 Å². The van der Waals surface area contributed by atoms with Crippen molar-refractivity contribution < 1.29 is 4.79 Å². The average molecular weight is 554 g/mol. The molecule has 8 heteroatoms. The van der Waals surface area contributed by atoms with E-state index in [0.717, 1.165) is 102 Å². The normalized spacial score (nSPS) is 18.9. The number of anilines is 2. The van der Waals surface area contributed by atoms with Gasteiger partial charge in [0.25, 0.3) is 0 Å². The zero-order valence-electron chi connectivity index (χ0n) is 24.4. The lowest BCUT2D eigenvalue weighted by atomic mass is 10.0. The lowest BCUT2D eigenvalue weighted by Gasteiger charge is -2.34. The number of benzene rings is 2. The molecule has 2 saturated heterocycles. The second-order valence-corrected chi connectivity index (χ2v) is 11.8. The zero-order chi connectivity index (χ0) is 28.0. The summed E-state index contributed by atoms with van der Waals surface area (Å²) in [6.07, 6.45) is 3.34. The third-order valence-electron chi connectivity index (χ3n) is 8.74. The Morgan fingerprint density at radius 3 is 2.29 bits per heavy atom. The number of Topliss-reactive ketones (excluding diaryl/α,β-unsaturated/α-hetero) is 1. The van der Waals surface area contributed by atoms with E-state index in [4.69, 9.17) is 9.97 Å². The second-order valence-electron chi connectivity index (χ2n) is 11.8. The van der Waals surface area contributed by atoms with Crippen LogP contribution in [-0.4, -0.2) is 96.4 Å². The van der Waals surface area contributed by atoms with Crippen molar-refractivity contribution in [2.24, 2.45) is 0 Å². The number of piperazine rings is 1. The molecule has 3 aliphatic heterocycles. The minimum atomic E-state index is 0.399. The maximum atomic E-state index is 11.6. The van der Waals surface area contributed by atoms with E-state index in [2.05, 4.69) is 86.6 Å². The minimum Gasteiger partial charge on any atom is -0.370 e. The largest absolute Gasteiger partial charge is 0.370 e. The number of fused-ring (bicyclic) bond motifs is 1. The lowest BCUT2D eigenvalue weighted by Crippen LogP contribution is -2.44. The summed E-state index contributed by atoms with van der Waals surface area (Å²) in [6, 6.07) is 19.5. The van der Waals surface area contributed by atoms with Crippen LogP contribution in [0.3, 0.4) is 0 Å². The van der Waals surface area contributed by atoms with Gasteiger partial charge in [-0.15, -0.1) is 0 Å². The molecule has 0 spiro atoms. The Labute approximate surface area is 244 Å². The third kappa shape index (κ3) is 7.12. The highest BCUT2D eigenvalue weighted by molar-refractivity contribution is 5.79. The first-order valence-electron chi connectivity index (χ1n) is 15.3. The van der Waals surface area contributed by atoms with Crippen LogP contribution in [0, 0.1) is 0 Å². The molecule has 3 aromatic rings. The standard InChI is InChI=1S/C33H43N7O/c1-37-20-22-40(23-21-37)28-10-8-27(9-11-28)32-35-31-14-19-39(24-26-6-3-2-4-7-26)25-30(31)33(36-32)34-15-5-16-38-17-12-29(41)13-18-38/h2-4,6-11H,5,12-25H2,1H3,(H,34,35,36). The van der Waals surface area contributed by atoms with Crippen LogP contribution in [0.15, 0.2) is 54.6 Å². The van der Waals surface area contributed by atoms with Gasteiger partial charge in [0.2, 0.25) is 0 Å². The summed E-state index contributed by atoms with van der Waals surface area (Å²) in [5.41, 5.74) is 6.07. The number of hydrogen-bond acceptors (Lipinski definition) is 8. The first-order valence-corrected chi connectivity index (χ1v) is 15.3. The fraction of sp³-hybridized carbons (Fsp3) is 0.485. The first kappa shape index (κ1) is 27.8. The number of nitrogens with zero attached hydrogens (tertiary/aromatic N) is 6. The van der Waals surface area contributed by atoms with Crippen LogP contribution >= 0.6 is 0 Å². The number of piperidine rings is 1. The van der Waals surface area contributed by atoms with Crippen LogP contribution in [-0.2, 0) is 24.3 Å². The molecule has 216 valence electrons. The molecule has 0 radical (unpaired) electrons. The Hall–Kier alpha value is -3.33.